The Morgan fingerprint density at radius 2 is 0.838 bits per heavy atom. The summed E-state index contributed by atoms with van der Waals surface area (Å²) in [7, 11) is 1.15. The van der Waals surface area contributed by atoms with Gasteiger partial charge < -0.3 is 27.9 Å². The van der Waals surface area contributed by atoms with E-state index in [4.69, 9.17) is 18.5 Å². The lowest BCUT2D eigenvalue weighted by atomic mass is 10.0. The van der Waals surface area contributed by atoms with Gasteiger partial charge in [0.05, 0.1) is 27.7 Å². The van der Waals surface area contributed by atoms with Gasteiger partial charge in [0.25, 0.3) is 7.82 Å². The Kier molecular flexibility index (Phi) is 48.0. The smallest absolute Gasteiger partial charge is 0.306 e. The van der Waals surface area contributed by atoms with Crippen LogP contribution >= 0.6 is 7.82 Å². The number of hydrogen-bond acceptors (Lipinski definition) is 8. The molecule has 0 saturated heterocycles. The maximum atomic E-state index is 12.7. The van der Waals surface area contributed by atoms with Crippen LogP contribution in [-0.4, -0.2) is 70.0 Å². The maximum absolute atomic E-state index is 12.7. The summed E-state index contributed by atoms with van der Waals surface area (Å²) >= 11 is 0. The minimum atomic E-state index is -4.64. The highest BCUT2D eigenvalue weighted by Crippen LogP contribution is 2.38. The van der Waals surface area contributed by atoms with E-state index in [9.17, 15) is 19.0 Å². The summed E-state index contributed by atoms with van der Waals surface area (Å²) in [6.45, 7) is 4.11. The molecule has 0 bridgehead atoms. The summed E-state index contributed by atoms with van der Waals surface area (Å²) in [5.41, 5.74) is 0. The Balaban J connectivity index is 4.15. The first-order valence-corrected chi connectivity index (χ1v) is 29.5. The molecule has 10 heteroatoms. The molecule has 0 spiro atoms. The van der Waals surface area contributed by atoms with Crippen molar-refractivity contribution in [2.24, 2.45) is 0 Å². The molecule has 0 aromatic rings. The maximum Gasteiger partial charge on any atom is 0.306 e. The first-order chi connectivity index (χ1) is 33.0. The number of nitrogens with zero attached hydrogens (tertiary/aromatic N) is 1. The zero-order valence-electron chi connectivity index (χ0n) is 44.8. The summed E-state index contributed by atoms with van der Waals surface area (Å²) in [5, 5.41) is 0. The third-order valence-electron chi connectivity index (χ3n) is 12.0. The van der Waals surface area contributed by atoms with Crippen molar-refractivity contribution in [3.63, 3.8) is 0 Å². The third kappa shape index (κ3) is 53.1. The predicted octanol–water partition coefficient (Wildman–Crippen LogP) is 16.5. The number of likely N-dealkylation sites (N-methyl/N-ethyl adjacent to an activating group) is 1. The molecule has 396 valence electrons. The minimum Gasteiger partial charge on any atom is -0.756 e. The van der Waals surface area contributed by atoms with E-state index in [1.54, 1.807) is 0 Å². The largest absolute Gasteiger partial charge is 0.756 e. The summed E-state index contributed by atoms with van der Waals surface area (Å²) in [6, 6.07) is 0. The van der Waals surface area contributed by atoms with Crippen LogP contribution in [0, 0.1) is 0 Å². The quantitative estimate of drug-likeness (QED) is 0.0195. The molecule has 0 heterocycles. The number of carbonyl (C=O) groups is 2. The molecule has 68 heavy (non-hydrogen) atoms. The Morgan fingerprint density at radius 1 is 0.471 bits per heavy atom. The Labute approximate surface area is 419 Å². The highest BCUT2D eigenvalue weighted by molar-refractivity contribution is 7.45. The molecule has 0 aliphatic rings. The van der Waals surface area contributed by atoms with Crippen LogP contribution in [0.4, 0.5) is 0 Å². The van der Waals surface area contributed by atoms with Gasteiger partial charge in [-0.2, -0.15) is 0 Å². The van der Waals surface area contributed by atoms with Crippen molar-refractivity contribution in [2.75, 3.05) is 47.5 Å². The molecule has 9 nitrogen and oxygen atoms in total. The molecule has 0 aliphatic heterocycles. The fourth-order valence-corrected chi connectivity index (χ4v) is 8.43. The summed E-state index contributed by atoms with van der Waals surface area (Å²) in [5.74, 6) is -0.857. The molecule has 0 radical (unpaired) electrons. The monoisotopic (exact) mass is 976 g/mol. The summed E-state index contributed by atoms with van der Waals surface area (Å²) in [6.07, 6.45) is 62.7. The summed E-state index contributed by atoms with van der Waals surface area (Å²) < 4.78 is 34.1. The number of carbonyl (C=O) groups excluding carboxylic acids is 2. The molecule has 0 aromatic heterocycles. The number of esters is 2. The van der Waals surface area contributed by atoms with Crippen molar-refractivity contribution in [1.82, 2.24) is 0 Å². The zero-order valence-corrected chi connectivity index (χ0v) is 45.7. The number of hydrogen-bond donors (Lipinski definition) is 0. The average molecular weight is 976 g/mol. The van der Waals surface area contributed by atoms with Crippen molar-refractivity contribution in [1.29, 1.82) is 0 Å². The zero-order chi connectivity index (χ0) is 49.9. The standard InChI is InChI=1S/C58H106NO8P/c1-6-8-10-12-14-16-18-20-22-24-25-26-27-28-29-30-31-32-33-35-36-38-40-42-44-46-48-50-57(60)64-54-56(55-66-68(62,63)65-53-52-59(3,4)5)67-58(61)51-49-47-45-43-41-39-37-34-23-21-19-17-15-13-11-9-7-2/h9,11,15,17,21,23-25,37,39,56H,6-8,10,12-14,16,18-20,22,26-36,38,40-55H2,1-5H3/b11-9-,17-15-,23-21-,25-24-,39-37-. The second-order valence-electron chi connectivity index (χ2n) is 19.9. The van der Waals surface area contributed by atoms with E-state index in [1.165, 1.54) is 141 Å². The van der Waals surface area contributed by atoms with Gasteiger partial charge >= 0.3 is 11.9 Å². The van der Waals surface area contributed by atoms with E-state index in [1.807, 2.05) is 21.1 Å². The van der Waals surface area contributed by atoms with Gasteiger partial charge in [-0.1, -0.05) is 216 Å². The first-order valence-electron chi connectivity index (χ1n) is 28.0. The van der Waals surface area contributed by atoms with Crippen molar-refractivity contribution in [3.8, 4) is 0 Å². The number of unbranched alkanes of at least 4 members (excludes halogenated alkanes) is 27. The molecule has 0 aromatic carbocycles. The Bertz CT molecular complexity index is 1340. The fourth-order valence-electron chi connectivity index (χ4n) is 7.70. The van der Waals surface area contributed by atoms with Gasteiger partial charge in [-0.3, -0.25) is 14.2 Å². The van der Waals surface area contributed by atoms with Crippen molar-refractivity contribution >= 4 is 19.8 Å². The number of rotatable bonds is 51. The molecule has 0 amide bonds. The highest BCUT2D eigenvalue weighted by Gasteiger charge is 2.21. The van der Waals surface area contributed by atoms with Crippen LogP contribution in [-0.2, 0) is 32.7 Å². The molecule has 0 aliphatic carbocycles. The van der Waals surface area contributed by atoms with Crippen molar-refractivity contribution in [3.05, 3.63) is 60.8 Å². The van der Waals surface area contributed by atoms with Crippen LogP contribution in [0.3, 0.4) is 0 Å². The molecule has 2 unspecified atom stereocenters. The minimum absolute atomic E-state index is 0.0374. The highest BCUT2D eigenvalue weighted by atomic mass is 31.2. The van der Waals surface area contributed by atoms with Crippen LogP contribution in [0.1, 0.15) is 245 Å². The van der Waals surface area contributed by atoms with Crippen LogP contribution in [0.2, 0.25) is 0 Å². The van der Waals surface area contributed by atoms with Crippen LogP contribution in [0.15, 0.2) is 60.8 Å². The van der Waals surface area contributed by atoms with Gasteiger partial charge in [-0.05, 0) is 77.0 Å². The lowest BCUT2D eigenvalue weighted by Gasteiger charge is -2.28. The molecule has 2 atom stereocenters. The first kappa shape index (κ1) is 65.7. The second kappa shape index (κ2) is 49.7. The van der Waals surface area contributed by atoms with Crippen molar-refractivity contribution < 1.29 is 42.1 Å². The number of phosphoric ester groups is 1. The van der Waals surface area contributed by atoms with E-state index in [-0.39, 0.29) is 32.0 Å². The van der Waals surface area contributed by atoms with E-state index < -0.39 is 26.5 Å². The van der Waals surface area contributed by atoms with E-state index in [0.717, 1.165) is 70.6 Å². The van der Waals surface area contributed by atoms with Gasteiger partial charge in [0.1, 0.15) is 19.8 Å². The molecule has 0 fully saturated rings. The molecule has 0 N–H and O–H groups in total. The van der Waals surface area contributed by atoms with Crippen LogP contribution in [0.5, 0.6) is 0 Å². The lowest BCUT2D eigenvalue weighted by Crippen LogP contribution is -2.37. The van der Waals surface area contributed by atoms with Crippen LogP contribution in [0.25, 0.3) is 0 Å². The molecular formula is C58H106NO8P. The number of ether oxygens (including phenoxy) is 2. The second-order valence-corrected chi connectivity index (χ2v) is 21.3. The van der Waals surface area contributed by atoms with E-state index in [0.29, 0.717) is 17.4 Å². The van der Waals surface area contributed by atoms with Gasteiger partial charge in [-0.25, -0.2) is 0 Å². The Hall–Kier alpha value is -2.29. The van der Waals surface area contributed by atoms with Gasteiger partial charge in [-0.15, -0.1) is 0 Å². The van der Waals surface area contributed by atoms with E-state index in [2.05, 4.69) is 74.6 Å². The molecule has 0 saturated carbocycles. The van der Waals surface area contributed by atoms with Gasteiger partial charge in [0.2, 0.25) is 0 Å². The SMILES string of the molecule is CC/C=C\C/C=C\C/C=C\C/C=C\CCCCCCC(=O)OC(COC(=O)CCCCCCCCCCCCCCCCC/C=C\CCCCCCCCCC)COP(=O)([O-])OCC[N+](C)(C)C. The molecular weight excluding hydrogens is 870 g/mol. The number of quaternary nitrogens is 1. The topological polar surface area (TPSA) is 111 Å². The average Bonchev–Trinajstić information content (AvgIpc) is 3.30. The normalized spacial score (nSPS) is 13.8. The van der Waals surface area contributed by atoms with Crippen LogP contribution < -0.4 is 4.89 Å². The number of phosphoric acid groups is 1. The Morgan fingerprint density at radius 3 is 1.26 bits per heavy atom. The molecule has 0 rings (SSSR count). The summed E-state index contributed by atoms with van der Waals surface area (Å²) in [4.78, 5) is 37.8. The lowest BCUT2D eigenvalue weighted by molar-refractivity contribution is -0.870. The van der Waals surface area contributed by atoms with Gasteiger partial charge in [0, 0.05) is 12.8 Å². The van der Waals surface area contributed by atoms with Crippen molar-refractivity contribution in [2.45, 2.75) is 251 Å². The fraction of sp³-hybridized carbons (Fsp3) is 0.793. The number of allylic oxidation sites excluding steroid dienone is 10. The predicted molar refractivity (Wildman–Crippen MR) is 287 cm³/mol. The third-order valence-corrected chi connectivity index (χ3v) is 13.0. The van der Waals surface area contributed by atoms with E-state index >= 15 is 0 Å². The van der Waals surface area contributed by atoms with Gasteiger partial charge in [0.15, 0.2) is 6.10 Å².